The molecular weight excluding hydrogens is 357 g/mol. The molecule has 0 aliphatic carbocycles. The van der Waals surface area contributed by atoms with Crippen molar-refractivity contribution < 1.29 is 4.39 Å². The van der Waals surface area contributed by atoms with Gasteiger partial charge < -0.3 is 10.2 Å². The molecular formula is C19H21ClFN3S. The molecule has 3 rings (SSSR count). The van der Waals surface area contributed by atoms with Crippen molar-refractivity contribution in [3.05, 3.63) is 64.4 Å². The molecule has 1 aliphatic heterocycles. The number of hydrogen-bond donors (Lipinski definition) is 1. The molecule has 0 aromatic heterocycles. The van der Waals surface area contributed by atoms with Crippen LogP contribution in [-0.2, 0) is 6.54 Å². The fourth-order valence-corrected chi connectivity index (χ4v) is 3.36. The fraction of sp³-hybridized carbons (Fsp3) is 0.316. The lowest BCUT2D eigenvalue weighted by atomic mass is 10.2. The van der Waals surface area contributed by atoms with Crippen LogP contribution in [0.5, 0.6) is 0 Å². The lowest BCUT2D eigenvalue weighted by Gasteiger charge is -2.36. The molecule has 3 nitrogen and oxygen atoms in total. The van der Waals surface area contributed by atoms with Crippen molar-refractivity contribution in [1.29, 1.82) is 0 Å². The predicted octanol–water partition coefficient (Wildman–Crippen LogP) is 4.30. The Bertz CT molecular complexity index is 760. The Morgan fingerprint density at radius 2 is 1.92 bits per heavy atom. The summed E-state index contributed by atoms with van der Waals surface area (Å²) in [4.78, 5) is 4.47. The van der Waals surface area contributed by atoms with Crippen molar-refractivity contribution in [2.75, 3.05) is 31.5 Å². The van der Waals surface area contributed by atoms with Crippen LogP contribution in [0.4, 0.5) is 10.1 Å². The van der Waals surface area contributed by atoms with Crippen molar-refractivity contribution in [3.8, 4) is 0 Å². The van der Waals surface area contributed by atoms with E-state index in [1.54, 1.807) is 12.1 Å². The number of aryl methyl sites for hydroxylation is 1. The maximum atomic E-state index is 13.3. The highest BCUT2D eigenvalue weighted by atomic mass is 35.5. The van der Waals surface area contributed by atoms with Gasteiger partial charge in [-0.05, 0) is 54.5 Å². The number of thiocarbonyl (C=S) groups is 1. The van der Waals surface area contributed by atoms with Crippen LogP contribution in [0.15, 0.2) is 42.5 Å². The highest BCUT2D eigenvalue weighted by Crippen LogP contribution is 2.20. The van der Waals surface area contributed by atoms with Gasteiger partial charge in [0, 0.05) is 43.4 Å². The monoisotopic (exact) mass is 377 g/mol. The summed E-state index contributed by atoms with van der Waals surface area (Å²) < 4.78 is 13.3. The van der Waals surface area contributed by atoms with Gasteiger partial charge in [0.15, 0.2) is 5.11 Å². The zero-order valence-electron chi connectivity index (χ0n) is 14.1. The topological polar surface area (TPSA) is 18.5 Å². The highest BCUT2D eigenvalue weighted by molar-refractivity contribution is 7.80. The third-order valence-corrected chi connectivity index (χ3v) is 5.15. The SMILES string of the molecule is Cc1ccc(NC(=S)N2CCN(Cc3cccc(F)c3)CC2)cc1Cl. The van der Waals surface area contributed by atoms with Gasteiger partial charge in [0.25, 0.3) is 0 Å². The van der Waals surface area contributed by atoms with Crippen LogP contribution in [0.3, 0.4) is 0 Å². The van der Waals surface area contributed by atoms with Crippen LogP contribution < -0.4 is 5.32 Å². The van der Waals surface area contributed by atoms with Crippen molar-refractivity contribution in [1.82, 2.24) is 9.80 Å². The Balaban J connectivity index is 1.51. The molecule has 1 saturated heterocycles. The maximum absolute atomic E-state index is 13.3. The van der Waals surface area contributed by atoms with Gasteiger partial charge in [-0.2, -0.15) is 0 Å². The smallest absolute Gasteiger partial charge is 0.173 e. The van der Waals surface area contributed by atoms with Gasteiger partial charge in [0.2, 0.25) is 0 Å². The Morgan fingerprint density at radius 1 is 1.16 bits per heavy atom. The van der Waals surface area contributed by atoms with E-state index in [-0.39, 0.29) is 5.82 Å². The minimum atomic E-state index is -0.182. The number of nitrogens with zero attached hydrogens (tertiary/aromatic N) is 2. The van der Waals surface area contributed by atoms with Gasteiger partial charge in [-0.1, -0.05) is 29.8 Å². The van der Waals surface area contributed by atoms with Gasteiger partial charge in [0.05, 0.1) is 0 Å². The Morgan fingerprint density at radius 3 is 2.60 bits per heavy atom. The molecule has 0 saturated carbocycles. The lowest BCUT2D eigenvalue weighted by molar-refractivity contribution is 0.177. The largest absolute Gasteiger partial charge is 0.346 e. The van der Waals surface area contributed by atoms with E-state index < -0.39 is 0 Å². The maximum Gasteiger partial charge on any atom is 0.173 e. The Labute approximate surface area is 158 Å². The molecule has 1 aliphatic rings. The summed E-state index contributed by atoms with van der Waals surface area (Å²) in [5.74, 6) is -0.182. The van der Waals surface area contributed by atoms with Crippen LogP contribution in [0, 0.1) is 12.7 Å². The summed E-state index contributed by atoms with van der Waals surface area (Å²) in [6.07, 6.45) is 0. The average Bonchev–Trinajstić information content (AvgIpc) is 2.59. The summed E-state index contributed by atoms with van der Waals surface area (Å²) in [6, 6.07) is 12.6. The third-order valence-electron chi connectivity index (χ3n) is 4.38. The molecule has 1 fully saturated rings. The molecule has 0 spiro atoms. The highest BCUT2D eigenvalue weighted by Gasteiger charge is 2.19. The quantitative estimate of drug-likeness (QED) is 0.803. The molecule has 6 heteroatoms. The second-order valence-electron chi connectivity index (χ2n) is 6.29. The summed E-state index contributed by atoms with van der Waals surface area (Å²) in [5.41, 5.74) is 2.95. The van der Waals surface area contributed by atoms with Crippen molar-refractivity contribution in [2.24, 2.45) is 0 Å². The number of piperazine rings is 1. The zero-order valence-corrected chi connectivity index (χ0v) is 15.7. The standard InChI is InChI=1S/C19H21ClFN3S/c1-14-5-6-17(12-18(14)20)22-19(25)24-9-7-23(8-10-24)13-15-3-2-4-16(21)11-15/h2-6,11-12H,7-10,13H2,1H3,(H,22,25). The molecule has 132 valence electrons. The number of nitrogens with one attached hydrogen (secondary N) is 1. The van der Waals surface area contributed by atoms with Gasteiger partial charge >= 0.3 is 0 Å². The first-order valence-corrected chi connectivity index (χ1v) is 9.09. The van der Waals surface area contributed by atoms with E-state index >= 15 is 0 Å². The summed E-state index contributed by atoms with van der Waals surface area (Å²) in [7, 11) is 0. The lowest BCUT2D eigenvalue weighted by Crippen LogP contribution is -2.49. The molecule has 1 heterocycles. The number of rotatable bonds is 3. The number of halogens is 2. The van der Waals surface area contributed by atoms with E-state index in [4.69, 9.17) is 23.8 Å². The van der Waals surface area contributed by atoms with Crippen molar-refractivity contribution >= 4 is 34.6 Å². The number of anilines is 1. The molecule has 0 unspecified atom stereocenters. The van der Waals surface area contributed by atoms with Gasteiger partial charge in [-0.3, -0.25) is 4.90 Å². The first kappa shape index (κ1) is 18.1. The van der Waals surface area contributed by atoms with Crippen LogP contribution in [0.25, 0.3) is 0 Å². The summed E-state index contributed by atoms with van der Waals surface area (Å²) in [5, 5.41) is 4.70. The first-order valence-electron chi connectivity index (χ1n) is 8.30. The van der Waals surface area contributed by atoms with E-state index in [0.29, 0.717) is 5.11 Å². The summed E-state index contributed by atoms with van der Waals surface area (Å²) >= 11 is 11.7. The number of benzene rings is 2. The second-order valence-corrected chi connectivity index (χ2v) is 7.08. The molecule has 0 atom stereocenters. The minimum absolute atomic E-state index is 0.182. The van der Waals surface area contributed by atoms with E-state index in [1.165, 1.54) is 6.07 Å². The molecule has 2 aromatic carbocycles. The van der Waals surface area contributed by atoms with Crippen LogP contribution in [0.1, 0.15) is 11.1 Å². The van der Waals surface area contributed by atoms with Gasteiger partial charge in [0.1, 0.15) is 5.82 Å². The molecule has 0 bridgehead atoms. The molecule has 2 aromatic rings. The Hall–Kier alpha value is -1.69. The van der Waals surface area contributed by atoms with Crippen molar-refractivity contribution in [2.45, 2.75) is 13.5 Å². The minimum Gasteiger partial charge on any atom is -0.346 e. The third kappa shape index (κ3) is 4.91. The van der Waals surface area contributed by atoms with Crippen molar-refractivity contribution in [3.63, 3.8) is 0 Å². The van der Waals surface area contributed by atoms with E-state index in [0.717, 1.165) is 54.6 Å². The first-order chi connectivity index (χ1) is 12.0. The normalized spacial score (nSPS) is 15.2. The second kappa shape index (κ2) is 8.13. The Kier molecular flexibility index (Phi) is 5.89. The van der Waals surface area contributed by atoms with Gasteiger partial charge in [-0.15, -0.1) is 0 Å². The van der Waals surface area contributed by atoms with Crippen LogP contribution >= 0.6 is 23.8 Å². The average molecular weight is 378 g/mol. The van der Waals surface area contributed by atoms with E-state index in [9.17, 15) is 4.39 Å². The van der Waals surface area contributed by atoms with Gasteiger partial charge in [-0.25, -0.2) is 4.39 Å². The molecule has 25 heavy (non-hydrogen) atoms. The van der Waals surface area contributed by atoms with Crippen LogP contribution in [0.2, 0.25) is 5.02 Å². The molecule has 1 N–H and O–H groups in total. The number of hydrogen-bond acceptors (Lipinski definition) is 2. The van der Waals surface area contributed by atoms with Crippen LogP contribution in [-0.4, -0.2) is 41.1 Å². The fourth-order valence-electron chi connectivity index (χ4n) is 2.88. The predicted molar refractivity (Wildman–Crippen MR) is 106 cm³/mol. The van der Waals surface area contributed by atoms with E-state index in [2.05, 4.69) is 15.1 Å². The summed E-state index contributed by atoms with van der Waals surface area (Å²) in [6.45, 7) is 6.23. The van der Waals surface area contributed by atoms with E-state index in [1.807, 2.05) is 31.2 Å². The molecule has 0 radical (unpaired) electrons. The molecule has 0 amide bonds. The zero-order chi connectivity index (χ0) is 17.8.